The number of nitrogens with one attached hydrogen (secondary N) is 1. The van der Waals surface area contributed by atoms with Gasteiger partial charge in [0, 0.05) is 24.4 Å². The van der Waals surface area contributed by atoms with Crippen molar-refractivity contribution in [2.75, 3.05) is 11.9 Å². The average Bonchev–Trinajstić information content (AvgIpc) is 2.89. The maximum Gasteiger partial charge on any atom is 0.152 e. The first kappa shape index (κ1) is 12.2. The van der Waals surface area contributed by atoms with Crippen LogP contribution in [-0.2, 0) is 0 Å². The zero-order chi connectivity index (χ0) is 14.2. The molecule has 0 spiro atoms. The Kier molecular flexibility index (Phi) is 2.77. The fourth-order valence-electron chi connectivity index (χ4n) is 2.81. The fourth-order valence-corrected chi connectivity index (χ4v) is 2.81. The van der Waals surface area contributed by atoms with Crippen LogP contribution in [0.25, 0.3) is 5.52 Å². The van der Waals surface area contributed by atoms with Crippen molar-refractivity contribution in [3.8, 4) is 5.75 Å². The van der Waals surface area contributed by atoms with Crippen LogP contribution < -0.4 is 10.1 Å². The van der Waals surface area contributed by atoms with E-state index in [0.29, 0.717) is 0 Å². The van der Waals surface area contributed by atoms with E-state index in [2.05, 4.69) is 21.5 Å². The third kappa shape index (κ3) is 2.11. The van der Waals surface area contributed by atoms with Gasteiger partial charge >= 0.3 is 0 Å². The number of aromatic nitrogens is 3. The first-order valence-electron chi connectivity index (χ1n) is 7.10. The molecule has 1 aliphatic rings. The number of para-hydroxylation sites is 1. The normalized spacial score (nSPS) is 17.3. The van der Waals surface area contributed by atoms with Gasteiger partial charge in [-0.3, -0.25) is 0 Å². The minimum atomic E-state index is 0.212. The Hall–Kier alpha value is -2.56. The van der Waals surface area contributed by atoms with Crippen LogP contribution in [0.15, 0.2) is 42.7 Å². The standard InChI is InChI=1S/C16H16N4O/c1-11-10-14-16(17-7-8-20(14)19-11)18-13-6-9-21-15-5-3-2-4-12(13)15/h2-5,7-8,10,13H,6,9H2,1H3,(H,17,18). The highest BCUT2D eigenvalue weighted by Crippen LogP contribution is 2.34. The Balaban J connectivity index is 1.73. The minimum absolute atomic E-state index is 0.212. The number of hydrogen-bond acceptors (Lipinski definition) is 4. The number of fused-ring (bicyclic) bond motifs is 2. The van der Waals surface area contributed by atoms with Crippen molar-refractivity contribution in [1.82, 2.24) is 14.6 Å². The van der Waals surface area contributed by atoms with E-state index in [9.17, 15) is 0 Å². The summed E-state index contributed by atoms with van der Waals surface area (Å²) in [7, 11) is 0. The molecule has 1 unspecified atom stereocenters. The predicted molar refractivity (Wildman–Crippen MR) is 80.6 cm³/mol. The van der Waals surface area contributed by atoms with Crippen LogP contribution in [0, 0.1) is 6.92 Å². The van der Waals surface area contributed by atoms with Crippen LogP contribution in [-0.4, -0.2) is 21.2 Å². The molecule has 1 aromatic carbocycles. The second-order valence-corrected chi connectivity index (χ2v) is 5.26. The second-order valence-electron chi connectivity index (χ2n) is 5.26. The molecule has 0 amide bonds. The summed E-state index contributed by atoms with van der Waals surface area (Å²) in [4.78, 5) is 4.47. The lowest BCUT2D eigenvalue weighted by atomic mass is 10.0. The summed E-state index contributed by atoms with van der Waals surface area (Å²) < 4.78 is 7.56. The van der Waals surface area contributed by atoms with E-state index in [0.717, 1.165) is 35.8 Å². The van der Waals surface area contributed by atoms with Crippen molar-refractivity contribution < 1.29 is 4.74 Å². The molecule has 1 aliphatic heterocycles. The lowest BCUT2D eigenvalue weighted by Crippen LogP contribution is -2.21. The molecule has 0 radical (unpaired) electrons. The summed E-state index contributed by atoms with van der Waals surface area (Å²) >= 11 is 0. The van der Waals surface area contributed by atoms with Crippen molar-refractivity contribution in [3.63, 3.8) is 0 Å². The van der Waals surface area contributed by atoms with Gasteiger partial charge in [0.05, 0.1) is 18.3 Å². The van der Waals surface area contributed by atoms with E-state index in [-0.39, 0.29) is 6.04 Å². The quantitative estimate of drug-likeness (QED) is 0.784. The molecule has 1 atom stereocenters. The molecule has 106 valence electrons. The predicted octanol–water partition coefficient (Wildman–Crippen LogP) is 2.97. The number of nitrogens with zero attached hydrogens (tertiary/aromatic N) is 3. The Morgan fingerprint density at radius 2 is 2.24 bits per heavy atom. The number of benzene rings is 1. The third-order valence-corrected chi connectivity index (χ3v) is 3.78. The van der Waals surface area contributed by atoms with Gasteiger partial charge in [0.2, 0.25) is 0 Å². The van der Waals surface area contributed by atoms with Gasteiger partial charge in [-0.15, -0.1) is 0 Å². The molecule has 0 bridgehead atoms. The van der Waals surface area contributed by atoms with E-state index in [4.69, 9.17) is 4.74 Å². The Bertz CT molecular complexity index is 796. The van der Waals surface area contributed by atoms with E-state index in [1.165, 1.54) is 5.56 Å². The molecule has 0 fully saturated rings. The van der Waals surface area contributed by atoms with Crippen molar-refractivity contribution in [2.24, 2.45) is 0 Å². The van der Waals surface area contributed by atoms with Crippen LogP contribution in [0.1, 0.15) is 23.7 Å². The topological polar surface area (TPSA) is 51.5 Å². The SMILES string of the molecule is Cc1cc2c(NC3CCOc4ccccc43)nccn2n1. The average molecular weight is 280 g/mol. The van der Waals surface area contributed by atoms with Crippen LogP contribution in [0.3, 0.4) is 0 Å². The number of anilines is 1. The molecule has 3 aromatic rings. The maximum absolute atomic E-state index is 5.71. The Morgan fingerprint density at radius 3 is 3.19 bits per heavy atom. The van der Waals surface area contributed by atoms with E-state index in [1.54, 1.807) is 6.20 Å². The molecule has 21 heavy (non-hydrogen) atoms. The zero-order valence-corrected chi connectivity index (χ0v) is 11.8. The smallest absolute Gasteiger partial charge is 0.152 e. The van der Waals surface area contributed by atoms with Crippen molar-refractivity contribution in [2.45, 2.75) is 19.4 Å². The van der Waals surface area contributed by atoms with Crippen LogP contribution in [0.5, 0.6) is 5.75 Å². The Morgan fingerprint density at radius 1 is 1.33 bits per heavy atom. The lowest BCUT2D eigenvalue weighted by Gasteiger charge is -2.27. The lowest BCUT2D eigenvalue weighted by molar-refractivity contribution is 0.274. The number of aryl methyl sites for hydroxylation is 1. The van der Waals surface area contributed by atoms with Crippen LogP contribution >= 0.6 is 0 Å². The molecular formula is C16H16N4O. The third-order valence-electron chi connectivity index (χ3n) is 3.78. The number of ether oxygens (including phenoxy) is 1. The van der Waals surface area contributed by atoms with Gasteiger partial charge in [-0.2, -0.15) is 5.10 Å². The summed E-state index contributed by atoms with van der Waals surface area (Å²) in [6.45, 7) is 2.70. The van der Waals surface area contributed by atoms with Gasteiger partial charge < -0.3 is 10.1 Å². The molecule has 5 nitrogen and oxygen atoms in total. The van der Waals surface area contributed by atoms with E-state index >= 15 is 0 Å². The van der Waals surface area contributed by atoms with Gasteiger partial charge in [0.1, 0.15) is 11.3 Å². The highest BCUT2D eigenvalue weighted by molar-refractivity contribution is 5.68. The first-order valence-corrected chi connectivity index (χ1v) is 7.10. The van der Waals surface area contributed by atoms with Crippen LogP contribution in [0.2, 0.25) is 0 Å². The van der Waals surface area contributed by atoms with Gasteiger partial charge in [-0.1, -0.05) is 18.2 Å². The van der Waals surface area contributed by atoms with Gasteiger partial charge in [-0.25, -0.2) is 9.50 Å². The van der Waals surface area contributed by atoms with Crippen LogP contribution in [0.4, 0.5) is 5.82 Å². The molecule has 0 saturated carbocycles. The van der Waals surface area contributed by atoms with E-state index in [1.807, 2.05) is 41.9 Å². The molecule has 3 heterocycles. The fraction of sp³-hybridized carbons (Fsp3) is 0.250. The summed E-state index contributed by atoms with van der Waals surface area (Å²) in [5.74, 6) is 1.82. The monoisotopic (exact) mass is 280 g/mol. The molecule has 5 heteroatoms. The number of hydrogen-bond donors (Lipinski definition) is 1. The number of rotatable bonds is 2. The second kappa shape index (κ2) is 4.77. The first-order chi connectivity index (χ1) is 10.3. The van der Waals surface area contributed by atoms with Crippen molar-refractivity contribution in [1.29, 1.82) is 0 Å². The summed E-state index contributed by atoms with van der Waals surface area (Å²) in [5, 5.41) is 7.96. The zero-order valence-electron chi connectivity index (χ0n) is 11.8. The van der Waals surface area contributed by atoms with Gasteiger partial charge in [-0.05, 0) is 19.1 Å². The van der Waals surface area contributed by atoms with E-state index < -0.39 is 0 Å². The molecule has 0 saturated heterocycles. The Labute approximate surface area is 122 Å². The largest absolute Gasteiger partial charge is 0.493 e. The summed E-state index contributed by atoms with van der Waals surface area (Å²) in [6, 6.07) is 10.4. The molecule has 1 N–H and O–H groups in total. The van der Waals surface area contributed by atoms with Crippen molar-refractivity contribution >= 4 is 11.3 Å². The summed E-state index contributed by atoms with van der Waals surface area (Å²) in [6.07, 6.45) is 4.56. The molecule has 2 aromatic heterocycles. The highest BCUT2D eigenvalue weighted by atomic mass is 16.5. The molecule has 4 rings (SSSR count). The minimum Gasteiger partial charge on any atom is -0.493 e. The van der Waals surface area contributed by atoms with Gasteiger partial charge in [0.25, 0.3) is 0 Å². The molecular weight excluding hydrogens is 264 g/mol. The molecule has 0 aliphatic carbocycles. The maximum atomic E-state index is 5.71. The highest BCUT2D eigenvalue weighted by Gasteiger charge is 2.22. The van der Waals surface area contributed by atoms with Crippen molar-refractivity contribution in [3.05, 3.63) is 54.0 Å². The van der Waals surface area contributed by atoms with Gasteiger partial charge in [0.15, 0.2) is 5.82 Å². The summed E-state index contributed by atoms with van der Waals surface area (Å²) in [5.41, 5.74) is 3.17.